The summed E-state index contributed by atoms with van der Waals surface area (Å²) in [4.78, 5) is 0. The van der Waals surface area contributed by atoms with Crippen LogP contribution in [-0.2, 0) is 17.1 Å². The zero-order valence-corrected chi connectivity index (χ0v) is 25.3. The molecule has 80 valence electrons. The molecule has 0 saturated carbocycles. The zero-order chi connectivity index (χ0) is 8.08. The van der Waals surface area contributed by atoms with E-state index in [4.69, 9.17) is 25.9 Å². The van der Waals surface area contributed by atoms with Crippen LogP contribution in [0.2, 0.25) is 0 Å². The van der Waals surface area contributed by atoms with E-state index in [0.29, 0.717) is 0 Å². The molecule has 0 aromatic rings. The monoisotopic (exact) mass is 1030 g/mol. The quantitative estimate of drug-likeness (QED) is 0.133. The van der Waals surface area contributed by atoms with Gasteiger partial charge in [-0.1, -0.05) is 0 Å². The average Bonchev–Trinajstić information content (AvgIpc) is 1.19. The summed E-state index contributed by atoms with van der Waals surface area (Å²) in [6.45, 7) is -1.72. The summed E-state index contributed by atoms with van der Waals surface area (Å²) in [5.41, 5.74) is 0. The van der Waals surface area contributed by atoms with E-state index in [1.54, 1.807) is 0 Å². The Hall–Kier alpha value is 3.30. The number of hydrogen-bond acceptors (Lipinski definition) is 6. The van der Waals surface area contributed by atoms with Crippen LogP contribution in [0.3, 0.4) is 0 Å². The van der Waals surface area contributed by atoms with Gasteiger partial charge in [0.1, 0.15) is 0 Å². The predicted molar refractivity (Wildman–Crippen MR) is 52.4 cm³/mol. The third kappa shape index (κ3) is 287. The molecule has 0 aromatic carbocycles. The van der Waals surface area contributed by atoms with Crippen LogP contribution in [0.4, 0.5) is 0 Å². The van der Waals surface area contributed by atoms with Gasteiger partial charge in [-0.3, -0.25) is 8.42 Å². The summed E-state index contributed by atoms with van der Waals surface area (Å²) in [6, 6.07) is 0. The fourth-order valence-electron chi connectivity index (χ4n) is 0. The Kier molecular flexibility index (Phi) is 78.0. The van der Waals surface area contributed by atoms with Crippen LogP contribution in [-0.4, -0.2) is 142 Å². The van der Waals surface area contributed by atoms with E-state index in [9.17, 15) is 0 Å². The van der Waals surface area contributed by atoms with Gasteiger partial charge in [-0.05, 0) is 0 Å². The second-order valence-corrected chi connectivity index (χ2v) is 5.82. The van der Waals surface area contributed by atoms with Crippen molar-refractivity contribution in [1.82, 2.24) is 0 Å². The first-order chi connectivity index (χ1) is 3.73. The van der Waals surface area contributed by atoms with Crippen molar-refractivity contribution in [3.8, 4) is 0 Å². The molecule has 0 amide bonds. The fraction of sp³-hybridized carbons (Fsp3) is 0. The van der Waals surface area contributed by atoms with Crippen molar-refractivity contribution in [2.45, 2.75) is 0 Å². The molecule has 0 rings (SSSR count). The van der Waals surface area contributed by atoms with E-state index in [-0.39, 0.29) is 117 Å². The topological polar surface area (TPSA) is 177 Å². The van der Waals surface area contributed by atoms with Crippen LogP contribution in [0, 0.1) is 0 Å². The third-order valence-electron chi connectivity index (χ3n) is 0. The molecule has 0 atom stereocenters. The first-order valence-electron chi connectivity index (χ1n) is 1.20. The minimum atomic E-state index is -5.17. The summed E-state index contributed by atoms with van der Waals surface area (Å²) in [7, 11) is -5.17. The van der Waals surface area contributed by atoms with Gasteiger partial charge in [-0.15, -0.1) is 0 Å². The molecule has 0 aliphatic rings. The molecule has 8 radical (unpaired) electrons. The van der Waals surface area contributed by atoms with E-state index < -0.39 is 17.1 Å². The Bertz CT molecular complexity index is 232. The fourth-order valence-corrected chi connectivity index (χ4v) is 0. The Morgan fingerprint density at radius 3 is 1.00 bits per heavy atom. The normalized spacial score (nSPS) is 5.86. The summed E-state index contributed by atoms with van der Waals surface area (Å²) >= 11 is 0.265. The van der Waals surface area contributed by atoms with Crippen molar-refractivity contribution in [2.75, 3.05) is 0 Å². The van der Waals surface area contributed by atoms with Crippen LogP contribution in [0.1, 0.15) is 0 Å². The van der Waals surface area contributed by atoms with Gasteiger partial charge in [0.25, 0.3) is 0 Å². The average molecular weight is 1030 g/mol. The summed E-state index contributed by atoms with van der Waals surface area (Å²) in [6.07, 6.45) is 0. The van der Waals surface area contributed by atoms with Crippen LogP contribution in [0.5, 0.6) is 0 Å². The molecule has 0 spiro atoms. The first kappa shape index (κ1) is 43.3. The molecule has 0 fully saturated rings. The SMILES string of the molecule is O.O.O=S(=O)([O-])[O-].O=[S](=O)=[Pb].[Pb+2].[Pb+2].[PbH2]. The minimum absolute atomic E-state index is 0. The summed E-state index contributed by atoms with van der Waals surface area (Å²) < 4.78 is 52.2. The van der Waals surface area contributed by atoms with Crippen molar-refractivity contribution < 1.29 is 36.9 Å². The predicted octanol–water partition coefficient (Wildman–Crippen LogP) is -5.72. The van der Waals surface area contributed by atoms with Crippen molar-refractivity contribution >= 4 is 123 Å². The van der Waals surface area contributed by atoms with Gasteiger partial charge >= 0.3 is 121 Å². The Morgan fingerprint density at radius 2 is 1.00 bits per heavy atom. The van der Waals surface area contributed by atoms with Crippen molar-refractivity contribution in [3.63, 3.8) is 0 Å². The Labute approximate surface area is 156 Å². The number of rotatable bonds is 0. The van der Waals surface area contributed by atoms with Gasteiger partial charge < -0.3 is 20.1 Å². The second-order valence-electron chi connectivity index (χ2n) is 0.643. The molecule has 14 heavy (non-hydrogen) atoms. The van der Waals surface area contributed by atoms with E-state index in [1.807, 2.05) is 0 Å². The molecule has 0 bridgehead atoms. The molecule has 0 aromatic heterocycles. The molecule has 0 aliphatic heterocycles. The van der Waals surface area contributed by atoms with Crippen LogP contribution in [0.25, 0.3) is 0 Å². The van der Waals surface area contributed by atoms with Crippen molar-refractivity contribution in [1.29, 1.82) is 0 Å². The second kappa shape index (κ2) is 25.2. The number of hydrogen-bond donors (Lipinski definition) is 0. The first-order valence-corrected chi connectivity index (χ1v) is 8.37. The molecular weight excluding hydrogens is 1020 g/mol. The van der Waals surface area contributed by atoms with E-state index in [0.717, 1.165) is 0 Å². The molecule has 0 saturated heterocycles. The summed E-state index contributed by atoms with van der Waals surface area (Å²) in [5, 5.41) is 0. The van der Waals surface area contributed by atoms with Gasteiger partial charge in [0.2, 0.25) is 0 Å². The van der Waals surface area contributed by atoms with Crippen LogP contribution >= 0.6 is 0 Å². The van der Waals surface area contributed by atoms with E-state index in [1.165, 1.54) is 0 Å². The zero-order valence-electron chi connectivity index (χ0n) is 6.47. The Morgan fingerprint density at radius 1 is 1.00 bits per heavy atom. The van der Waals surface area contributed by atoms with Crippen LogP contribution < -0.4 is 0 Å². The van der Waals surface area contributed by atoms with E-state index in [2.05, 4.69) is 0 Å². The maximum atomic E-state index is 9.06. The van der Waals surface area contributed by atoms with Gasteiger partial charge in [-0.2, -0.15) is 0 Å². The van der Waals surface area contributed by atoms with E-state index >= 15 is 0 Å². The molecule has 0 heterocycles. The third-order valence-corrected chi connectivity index (χ3v) is 0. The standard InChI is InChI=1S/H2O4S.O2S.2H2O.4Pb.2H/c1-5(2,3)4;1-3-2;;;;;;;;/h(H2,1,2,3,4);;2*1H2;;;;;;/q;;;;;;2*+2;;/p-2. The molecule has 0 aliphatic carbocycles. The van der Waals surface area contributed by atoms with Gasteiger partial charge in [0.15, 0.2) is 0 Å². The Balaban J connectivity index is -0.0000000104. The van der Waals surface area contributed by atoms with Gasteiger partial charge in [0.05, 0.1) is 0 Å². The molecule has 4 N–H and O–H groups in total. The van der Waals surface area contributed by atoms with Gasteiger partial charge in [-0.25, -0.2) is 0 Å². The van der Waals surface area contributed by atoms with Crippen molar-refractivity contribution in [2.24, 2.45) is 0 Å². The van der Waals surface area contributed by atoms with Gasteiger partial charge in [0, 0.05) is 10.4 Å². The van der Waals surface area contributed by atoms with Crippen molar-refractivity contribution in [3.05, 3.63) is 0 Å². The molecular formula is H6O8Pb4S2+2. The summed E-state index contributed by atoms with van der Waals surface area (Å²) in [5.74, 6) is 0. The molecule has 14 heteroatoms. The molecule has 8 nitrogen and oxygen atoms in total. The maximum absolute atomic E-state index is 9.06. The van der Waals surface area contributed by atoms with Crippen LogP contribution in [0.15, 0.2) is 0 Å². The molecule has 0 unspecified atom stereocenters.